The number of carbonyl (C=O) groups excluding carboxylic acids is 5. The zero-order chi connectivity index (χ0) is 80.8. The van der Waals surface area contributed by atoms with Crippen LogP contribution < -0.4 is 0 Å². The molecule has 0 fully saturated rings. The van der Waals surface area contributed by atoms with E-state index in [2.05, 4.69) is 54.8 Å². The number of para-hydroxylation sites is 6. The quantitative estimate of drug-likeness (QED) is 0.0214. The van der Waals surface area contributed by atoms with Crippen molar-refractivity contribution in [3.05, 3.63) is 319 Å². The standard InChI is InChI=1S/C21H18N4O2.C19H14N4O2.C15H13NO4.C12H12N2O2.C11H9NO.C10H7NO2.5CH4/c1-3-27-21(26)18-13-19(25(24-18)20-10-6-7-14(2)23-20)16-11-12-22-17-9-5-4-8-15(16)17;1-12-5-4-8-18(21-12)23-17(11-16(22-23)19(24)25)14-9-10-20-15-7-3-2-6-13(14)15;1-2-20-15(19)14(18)9-13(17)11-7-8-16-12-6-4-3-5-10(11)12;1-14(16-2)12(15)10-7-8-13-11-6-4-3-5-9(10)11;1-8(13)9-6-7-12-11-5-3-2-4-10(9)11;12-10(13)8-5-6-11-9-4-2-1-3-7(8)9;;;;;/h4-13H,3H2,1-2H3;2-11H,1H3,(H,24,25);3-9,17H,2H2,1H3;3-8H,1-2H3;2-7H,1H3;1-6H,(H,12,13);5*1H4. The number of Topliss-reactive ketones (excluding diaryl/α,β-unsaturated/α-hetero) is 1. The van der Waals surface area contributed by atoms with Gasteiger partial charge in [-0.15, -0.1) is 0 Å². The number of aliphatic hydroxyl groups excluding tert-OH is 1. The molecule has 0 atom stereocenters. The Hall–Kier alpha value is -15.3. The van der Waals surface area contributed by atoms with Crippen LogP contribution in [0.25, 0.3) is 105 Å². The number of benzene rings is 6. The van der Waals surface area contributed by atoms with Gasteiger partial charge in [0.1, 0.15) is 5.76 Å². The van der Waals surface area contributed by atoms with E-state index in [0.717, 1.165) is 83.5 Å². The maximum absolute atomic E-state index is 12.3. The third kappa shape index (κ3) is 22.6. The molecule has 0 aliphatic heterocycles. The normalized spacial score (nSPS) is 10.3. The highest BCUT2D eigenvalue weighted by atomic mass is 16.7. The van der Waals surface area contributed by atoms with E-state index in [4.69, 9.17) is 14.7 Å². The molecule has 1 amide bonds. The number of ether oxygens (including phenoxy) is 2. The first-order chi connectivity index (χ1) is 55.2. The molecule has 26 heteroatoms. The highest BCUT2D eigenvalue weighted by Crippen LogP contribution is 2.33. The van der Waals surface area contributed by atoms with Crippen molar-refractivity contribution in [2.75, 3.05) is 27.4 Å². The molecule has 3 N–H and O–H groups in total. The highest BCUT2D eigenvalue weighted by molar-refractivity contribution is 6.39. The number of fused-ring (bicyclic) bond motifs is 6. The lowest BCUT2D eigenvalue weighted by Gasteiger charge is -2.14. The number of hydrogen-bond acceptors (Lipinski definition) is 21. The van der Waals surface area contributed by atoms with Crippen molar-refractivity contribution in [1.82, 2.24) is 64.5 Å². The van der Waals surface area contributed by atoms with Gasteiger partial charge in [0.25, 0.3) is 11.7 Å². The highest BCUT2D eigenvalue weighted by Gasteiger charge is 2.23. The number of aliphatic hydroxyl groups is 1. The van der Waals surface area contributed by atoms with Crippen LogP contribution in [-0.2, 0) is 23.9 Å². The maximum Gasteiger partial charge on any atom is 0.379 e. The van der Waals surface area contributed by atoms with E-state index in [-0.39, 0.29) is 72.6 Å². The summed E-state index contributed by atoms with van der Waals surface area (Å²) in [6.07, 6.45) is 10.6. The molecule has 0 radical (unpaired) electrons. The van der Waals surface area contributed by atoms with Gasteiger partial charge in [-0.2, -0.15) is 10.2 Å². The van der Waals surface area contributed by atoms with Crippen molar-refractivity contribution >= 4 is 113 Å². The molecule has 0 saturated heterocycles. The van der Waals surface area contributed by atoms with Crippen LogP contribution in [0.15, 0.2) is 274 Å². The number of hydroxylamine groups is 2. The molecule has 0 unspecified atom stereocenters. The van der Waals surface area contributed by atoms with Crippen LogP contribution in [0.5, 0.6) is 0 Å². The van der Waals surface area contributed by atoms with Crippen LogP contribution in [-0.4, -0.2) is 149 Å². The van der Waals surface area contributed by atoms with Gasteiger partial charge in [0, 0.05) is 116 Å². The summed E-state index contributed by atoms with van der Waals surface area (Å²) in [6.45, 7) is 9.15. The van der Waals surface area contributed by atoms with Crippen molar-refractivity contribution in [1.29, 1.82) is 0 Å². The van der Waals surface area contributed by atoms with E-state index in [0.29, 0.717) is 62.4 Å². The number of carboxylic acids is 2. The molecule has 0 bridgehead atoms. The Balaban J connectivity index is 0.000000224. The number of aryl methyl sites for hydroxylation is 2. The SMILES string of the molecule is C.C.C.C.C.CC(=O)c1ccnc2ccccc12.CCOC(=O)C(=O)C=C(O)c1ccnc2ccccc12.CCOC(=O)c1cc(-c2ccnc3ccccc23)n(-c2cccc(C)n2)n1.CON(C)C(=O)c1ccnc2ccccc12.Cc1cccc(-n2nc(C(=O)O)cc2-c2ccnc3ccccc23)n1.O=C(O)c1ccnc2ccccc12. The number of esters is 2. The fourth-order valence-electron chi connectivity index (χ4n) is 11.8. The van der Waals surface area contributed by atoms with Crippen molar-refractivity contribution in [2.24, 2.45) is 0 Å². The number of carboxylic acid groups (broad SMARTS) is 2. The first-order valence-electron chi connectivity index (χ1n) is 35.5. The Bertz CT molecular complexity index is 6160. The van der Waals surface area contributed by atoms with E-state index in [1.807, 2.05) is 166 Å². The first-order valence-corrected chi connectivity index (χ1v) is 35.5. The van der Waals surface area contributed by atoms with Gasteiger partial charge >= 0.3 is 23.9 Å². The van der Waals surface area contributed by atoms with Gasteiger partial charge in [-0.3, -0.25) is 49.1 Å². The Morgan fingerprint density at radius 2 is 0.748 bits per heavy atom. The second kappa shape index (κ2) is 43.8. The molecule has 0 aliphatic rings. The fourth-order valence-corrected chi connectivity index (χ4v) is 11.8. The number of pyridine rings is 8. The average molecular weight is 1600 g/mol. The van der Waals surface area contributed by atoms with Gasteiger partial charge < -0.3 is 24.8 Å². The Morgan fingerprint density at radius 1 is 0.403 bits per heavy atom. The Labute approximate surface area is 688 Å². The van der Waals surface area contributed by atoms with Crippen molar-refractivity contribution < 1.29 is 63.2 Å². The molecule has 0 saturated carbocycles. The number of ketones is 2. The predicted molar refractivity (Wildman–Crippen MR) is 466 cm³/mol. The van der Waals surface area contributed by atoms with Crippen LogP contribution in [0.1, 0.15) is 127 Å². The smallest absolute Gasteiger partial charge is 0.379 e. The number of hydrogen-bond donors (Lipinski definition) is 3. The summed E-state index contributed by atoms with van der Waals surface area (Å²) < 4.78 is 13.0. The van der Waals surface area contributed by atoms with E-state index in [1.54, 1.807) is 135 Å². The molecule has 0 aliphatic carbocycles. The zero-order valence-corrected chi connectivity index (χ0v) is 62.6. The second-order valence-electron chi connectivity index (χ2n) is 24.7. The summed E-state index contributed by atoms with van der Waals surface area (Å²) >= 11 is 0. The number of carbonyl (C=O) groups is 7. The second-order valence-corrected chi connectivity index (χ2v) is 24.7. The number of aromatic nitrogens is 12. The van der Waals surface area contributed by atoms with Crippen LogP contribution in [0.3, 0.4) is 0 Å². The third-order valence-corrected chi connectivity index (χ3v) is 17.2. The lowest BCUT2D eigenvalue weighted by Crippen LogP contribution is -2.25. The van der Waals surface area contributed by atoms with Gasteiger partial charge in [0.15, 0.2) is 28.8 Å². The van der Waals surface area contributed by atoms with E-state index in [9.17, 15) is 43.8 Å². The van der Waals surface area contributed by atoms with Gasteiger partial charge in [-0.05, 0) is 144 Å². The predicted octanol–water partition coefficient (Wildman–Crippen LogP) is 19.1. The minimum absolute atomic E-state index is 0. The van der Waals surface area contributed by atoms with E-state index in [1.165, 1.54) is 30.6 Å². The molecular weight excluding hydrogens is 1510 g/mol. The van der Waals surface area contributed by atoms with Crippen molar-refractivity contribution in [3.63, 3.8) is 0 Å². The van der Waals surface area contributed by atoms with Crippen molar-refractivity contribution in [2.45, 2.75) is 71.8 Å². The molecule has 10 heterocycles. The summed E-state index contributed by atoms with van der Waals surface area (Å²) in [4.78, 5) is 120. The lowest BCUT2D eigenvalue weighted by molar-refractivity contribution is -0.151. The minimum Gasteiger partial charge on any atom is -0.507 e. The molecule has 26 nitrogen and oxygen atoms in total. The third-order valence-electron chi connectivity index (χ3n) is 17.2. The summed E-state index contributed by atoms with van der Waals surface area (Å²) in [7, 11) is 3.04. The van der Waals surface area contributed by atoms with Gasteiger partial charge in [0.05, 0.1) is 75.9 Å². The number of rotatable bonds is 15. The fraction of sp³-hybridized carbons (Fsp3) is 0.151. The monoisotopic (exact) mass is 1600 g/mol. The van der Waals surface area contributed by atoms with Gasteiger partial charge in [-0.1, -0.05) is 158 Å². The summed E-state index contributed by atoms with van der Waals surface area (Å²) in [5.74, 6) is -3.51. The first kappa shape index (κ1) is 92.6. The molecule has 608 valence electrons. The maximum atomic E-state index is 12.3. The van der Waals surface area contributed by atoms with E-state index < -0.39 is 29.7 Å². The minimum atomic E-state index is -1.08. The molecule has 16 aromatic rings. The van der Waals surface area contributed by atoms with Crippen LogP contribution >= 0.6 is 0 Å². The van der Waals surface area contributed by atoms with E-state index >= 15 is 0 Å². The molecule has 6 aromatic carbocycles. The lowest BCUT2D eigenvalue weighted by atomic mass is 10.1. The van der Waals surface area contributed by atoms with Crippen LogP contribution in [0, 0.1) is 13.8 Å². The molecular formula is C93H93N13O13. The molecule has 10 aromatic heterocycles. The molecule has 119 heavy (non-hydrogen) atoms. The summed E-state index contributed by atoms with van der Waals surface area (Å²) in [5.41, 5.74) is 12.0. The van der Waals surface area contributed by atoms with Crippen LogP contribution in [0.2, 0.25) is 0 Å². The van der Waals surface area contributed by atoms with Gasteiger partial charge in [0.2, 0.25) is 0 Å². The number of aromatic carboxylic acids is 2. The van der Waals surface area contributed by atoms with Crippen molar-refractivity contribution in [3.8, 4) is 34.2 Å². The zero-order valence-electron chi connectivity index (χ0n) is 62.6. The Morgan fingerprint density at radius 3 is 1.14 bits per heavy atom. The average Bonchev–Trinajstić information content (AvgIpc) is 1.65. The number of nitrogens with zero attached hydrogens (tertiary/aromatic N) is 13. The van der Waals surface area contributed by atoms with Gasteiger partial charge in [-0.25, -0.2) is 43.6 Å². The number of amides is 1. The molecule has 0 spiro atoms. The topological polar surface area (TPSA) is 350 Å². The Kier molecular flexibility index (Phi) is 34.1. The molecule has 16 rings (SSSR count). The summed E-state index contributed by atoms with van der Waals surface area (Å²) in [6, 6.07) is 70.0. The van der Waals surface area contributed by atoms with Crippen LogP contribution in [0.4, 0.5) is 0 Å². The summed E-state index contributed by atoms with van der Waals surface area (Å²) in [5, 5.41) is 43.2. The largest absolute Gasteiger partial charge is 0.507 e.